The molecular weight excluding hydrogens is 390 g/mol. The van der Waals surface area contributed by atoms with Gasteiger partial charge in [0.2, 0.25) is 15.9 Å². The molecule has 1 atom stereocenters. The third-order valence-corrected chi connectivity index (χ3v) is 7.52. The maximum atomic E-state index is 13.8. The molecule has 1 aromatic heterocycles. The first-order chi connectivity index (χ1) is 13.7. The van der Waals surface area contributed by atoms with Crippen molar-refractivity contribution in [3.05, 3.63) is 52.8 Å². The number of carbonyl (C=O) groups is 1. The summed E-state index contributed by atoms with van der Waals surface area (Å²) >= 11 is 0. The Kier molecular flexibility index (Phi) is 6.24. The van der Waals surface area contributed by atoms with Crippen LogP contribution in [0.25, 0.3) is 0 Å². The highest BCUT2D eigenvalue weighted by Gasteiger charge is 2.33. The predicted molar refractivity (Wildman–Crippen MR) is 110 cm³/mol. The van der Waals surface area contributed by atoms with Gasteiger partial charge in [-0.3, -0.25) is 9.78 Å². The number of sulfonamides is 1. The third-order valence-electron chi connectivity index (χ3n) is 5.41. The van der Waals surface area contributed by atoms with Crippen LogP contribution >= 0.6 is 0 Å². The van der Waals surface area contributed by atoms with Crippen LogP contribution in [-0.4, -0.2) is 43.3 Å². The van der Waals surface area contributed by atoms with Crippen LogP contribution in [0, 0.1) is 20.8 Å². The smallest absolute Gasteiger partial charge is 0.243 e. The Morgan fingerprint density at radius 3 is 2.48 bits per heavy atom. The van der Waals surface area contributed by atoms with E-state index in [1.54, 1.807) is 51.6 Å². The number of aromatic nitrogens is 1. The van der Waals surface area contributed by atoms with Crippen molar-refractivity contribution in [3.63, 3.8) is 0 Å². The summed E-state index contributed by atoms with van der Waals surface area (Å²) in [6.07, 6.45) is 4.34. The second-order valence-corrected chi connectivity index (χ2v) is 9.31. The van der Waals surface area contributed by atoms with Crippen LogP contribution in [0.5, 0.6) is 5.75 Å². The van der Waals surface area contributed by atoms with Crippen molar-refractivity contribution < 1.29 is 17.9 Å². The minimum atomic E-state index is -3.81. The zero-order chi connectivity index (χ0) is 21.2. The lowest BCUT2D eigenvalue weighted by atomic mass is 10.1. The SMILES string of the molecule is COc1cc(C)c(S(=O)(=O)N(Cc2ccncc2)C[C@@H]2CCC(=O)N2)c(C)c1C. The van der Waals surface area contributed by atoms with Crippen LogP contribution in [0.2, 0.25) is 0 Å². The first kappa shape index (κ1) is 21.3. The second kappa shape index (κ2) is 8.51. The Morgan fingerprint density at radius 2 is 1.90 bits per heavy atom. The van der Waals surface area contributed by atoms with Gasteiger partial charge in [0.1, 0.15) is 5.75 Å². The van der Waals surface area contributed by atoms with Crippen LogP contribution in [0.3, 0.4) is 0 Å². The highest BCUT2D eigenvalue weighted by atomic mass is 32.2. The molecule has 2 heterocycles. The molecule has 1 aliphatic heterocycles. The van der Waals surface area contributed by atoms with Gasteiger partial charge >= 0.3 is 0 Å². The molecule has 0 aliphatic carbocycles. The van der Waals surface area contributed by atoms with E-state index in [-0.39, 0.29) is 25.0 Å². The molecule has 7 nitrogen and oxygen atoms in total. The van der Waals surface area contributed by atoms with Gasteiger partial charge in [0.05, 0.1) is 12.0 Å². The molecule has 1 saturated heterocycles. The Hall–Kier alpha value is -2.45. The number of hydrogen-bond acceptors (Lipinski definition) is 5. The molecule has 1 amide bonds. The number of pyridine rings is 1. The monoisotopic (exact) mass is 417 g/mol. The average molecular weight is 418 g/mol. The van der Waals surface area contributed by atoms with Crippen LogP contribution in [0.1, 0.15) is 35.1 Å². The molecule has 156 valence electrons. The number of amides is 1. The van der Waals surface area contributed by atoms with Gasteiger partial charge in [-0.1, -0.05) is 0 Å². The predicted octanol–water partition coefficient (Wildman–Crippen LogP) is 2.48. The summed E-state index contributed by atoms with van der Waals surface area (Å²) in [5.74, 6) is 0.631. The standard InChI is InChI=1S/C21H27N3O4S/c1-14-11-19(28-4)15(2)16(3)21(14)29(26,27)24(12-17-7-9-22-10-8-17)13-18-5-6-20(25)23-18/h7-11,18H,5-6,12-13H2,1-4H3,(H,23,25)/t18-/m0/s1. The Labute approximate surface area is 172 Å². The van der Waals surface area contributed by atoms with Crippen LogP contribution in [-0.2, 0) is 21.4 Å². The lowest BCUT2D eigenvalue weighted by molar-refractivity contribution is -0.119. The molecular formula is C21H27N3O4S. The summed E-state index contributed by atoms with van der Waals surface area (Å²) in [5, 5.41) is 2.88. The minimum absolute atomic E-state index is 0.0380. The number of carbonyl (C=O) groups excluding carboxylic acids is 1. The molecule has 3 rings (SSSR count). The molecule has 2 aromatic rings. The van der Waals surface area contributed by atoms with Crippen molar-refractivity contribution >= 4 is 15.9 Å². The maximum Gasteiger partial charge on any atom is 0.243 e. The van der Waals surface area contributed by atoms with Crippen molar-refractivity contribution in [2.45, 2.75) is 51.1 Å². The Morgan fingerprint density at radius 1 is 1.21 bits per heavy atom. The molecule has 1 fully saturated rings. The molecule has 0 radical (unpaired) electrons. The van der Waals surface area contributed by atoms with Crippen molar-refractivity contribution in [1.29, 1.82) is 0 Å². The molecule has 1 aromatic carbocycles. The molecule has 8 heteroatoms. The number of hydrogen-bond donors (Lipinski definition) is 1. The fourth-order valence-corrected chi connectivity index (χ4v) is 5.72. The lowest BCUT2D eigenvalue weighted by Crippen LogP contribution is -2.42. The number of methoxy groups -OCH3 is 1. The molecule has 0 bridgehead atoms. The number of ether oxygens (including phenoxy) is 1. The highest BCUT2D eigenvalue weighted by molar-refractivity contribution is 7.89. The van der Waals surface area contributed by atoms with Crippen molar-refractivity contribution in [2.75, 3.05) is 13.7 Å². The molecule has 1 aliphatic rings. The fourth-order valence-electron chi connectivity index (χ4n) is 3.76. The van der Waals surface area contributed by atoms with Crippen molar-refractivity contribution in [1.82, 2.24) is 14.6 Å². The summed E-state index contributed by atoms with van der Waals surface area (Å²) in [6, 6.07) is 5.17. The van der Waals surface area contributed by atoms with Gasteiger partial charge in [0.15, 0.2) is 0 Å². The number of nitrogens with zero attached hydrogens (tertiary/aromatic N) is 2. The van der Waals surface area contributed by atoms with E-state index in [2.05, 4.69) is 10.3 Å². The highest BCUT2D eigenvalue weighted by Crippen LogP contribution is 2.33. The van der Waals surface area contributed by atoms with E-state index in [1.807, 2.05) is 6.92 Å². The van der Waals surface area contributed by atoms with Gasteiger partial charge < -0.3 is 10.1 Å². The van der Waals surface area contributed by atoms with Crippen LogP contribution in [0.15, 0.2) is 35.5 Å². The van der Waals surface area contributed by atoms with Gasteiger partial charge in [-0.2, -0.15) is 4.31 Å². The van der Waals surface area contributed by atoms with E-state index in [0.29, 0.717) is 34.6 Å². The zero-order valence-corrected chi connectivity index (χ0v) is 18.0. The Bertz CT molecular complexity index is 1010. The Balaban J connectivity index is 2.03. The van der Waals surface area contributed by atoms with E-state index in [0.717, 1.165) is 11.1 Å². The lowest BCUT2D eigenvalue weighted by Gasteiger charge is -2.27. The van der Waals surface area contributed by atoms with E-state index < -0.39 is 10.0 Å². The van der Waals surface area contributed by atoms with Crippen LogP contribution < -0.4 is 10.1 Å². The van der Waals surface area contributed by atoms with E-state index in [1.165, 1.54) is 4.31 Å². The van der Waals surface area contributed by atoms with Gasteiger partial charge in [0.25, 0.3) is 0 Å². The third kappa shape index (κ3) is 4.43. The molecule has 0 saturated carbocycles. The average Bonchev–Trinajstić information content (AvgIpc) is 3.09. The molecule has 0 spiro atoms. The second-order valence-electron chi connectivity index (χ2n) is 7.43. The van der Waals surface area contributed by atoms with Gasteiger partial charge in [-0.15, -0.1) is 0 Å². The summed E-state index contributed by atoms with van der Waals surface area (Å²) in [5.41, 5.74) is 2.96. The summed E-state index contributed by atoms with van der Waals surface area (Å²) in [7, 11) is -2.23. The largest absolute Gasteiger partial charge is 0.496 e. The van der Waals surface area contributed by atoms with Gasteiger partial charge in [-0.05, 0) is 67.6 Å². The maximum absolute atomic E-state index is 13.8. The first-order valence-corrected chi connectivity index (χ1v) is 11.0. The van der Waals surface area contributed by atoms with Crippen LogP contribution in [0.4, 0.5) is 0 Å². The van der Waals surface area contributed by atoms with E-state index in [4.69, 9.17) is 4.74 Å². The number of rotatable bonds is 7. The summed E-state index contributed by atoms with van der Waals surface area (Å²) in [6.45, 7) is 5.88. The topological polar surface area (TPSA) is 88.6 Å². The summed E-state index contributed by atoms with van der Waals surface area (Å²) < 4.78 is 34.4. The fraction of sp³-hybridized carbons (Fsp3) is 0.429. The normalized spacial score (nSPS) is 16.9. The van der Waals surface area contributed by atoms with Crippen molar-refractivity contribution in [3.8, 4) is 5.75 Å². The minimum Gasteiger partial charge on any atom is -0.496 e. The molecule has 29 heavy (non-hydrogen) atoms. The van der Waals surface area contributed by atoms with Crippen molar-refractivity contribution in [2.24, 2.45) is 0 Å². The van der Waals surface area contributed by atoms with Gasteiger partial charge in [-0.25, -0.2) is 8.42 Å². The molecule has 1 N–H and O–H groups in total. The zero-order valence-electron chi connectivity index (χ0n) is 17.2. The van der Waals surface area contributed by atoms with E-state index >= 15 is 0 Å². The number of benzene rings is 1. The molecule has 0 unspecified atom stereocenters. The first-order valence-electron chi connectivity index (χ1n) is 9.57. The quantitative estimate of drug-likeness (QED) is 0.748. The van der Waals surface area contributed by atoms with E-state index in [9.17, 15) is 13.2 Å². The number of aryl methyl sites for hydroxylation is 1. The van der Waals surface area contributed by atoms with Gasteiger partial charge in [0, 0.05) is 37.9 Å². The number of nitrogens with one attached hydrogen (secondary N) is 1. The summed E-state index contributed by atoms with van der Waals surface area (Å²) in [4.78, 5) is 15.9.